The summed E-state index contributed by atoms with van der Waals surface area (Å²) in [5, 5.41) is 3.23. The van der Waals surface area contributed by atoms with Gasteiger partial charge in [0.05, 0.1) is 0 Å². The third-order valence-electron chi connectivity index (χ3n) is 3.71. The van der Waals surface area contributed by atoms with Crippen LogP contribution in [0.2, 0.25) is 0 Å². The Morgan fingerprint density at radius 1 is 1.50 bits per heavy atom. The van der Waals surface area contributed by atoms with E-state index in [1.807, 2.05) is 23.7 Å². The SMILES string of the molecule is CC(C(=O)N(C)C1CCSC1)C1CNC1.Cl. The maximum Gasteiger partial charge on any atom is 0.225 e. The number of hydrogen-bond donors (Lipinski definition) is 1. The van der Waals surface area contributed by atoms with Crippen molar-refractivity contribution in [3.05, 3.63) is 0 Å². The molecular formula is C11H21ClN2OS. The van der Waals surface area contributed by atoms with Crippen molar-refractivity contribution in [2.45, 2.75) is 19.4 Å². The summed E-state index contributed by atoms with van der Waals surface area (Å²) in [7, 11) is 1.97. The van der Waals surface area contributed by atoms with E-state index in [9.17, 15) is 4.79 Å². The second-order valence-corrected chi connectivity index (χ2v) is 5.82. The first-order chi connectivity index (χ1) is 7.20. The second kappa shape index (κ2) is 6.12. The van der Waals surface area contributed by atoms with Crippen molar-refractivity contribution in [1.29, 1.82) is 0 Å². The van der Waals surface area contributed by atoms with Gasteiger partial charge in [0.1, 0.15) is 0 Å². The predicted octanol–water partition coefficient (Wildman–Crippen LogP) is 1.23. The average Bonchev–Trinajstić information content (AvgIpc) is 2.65. The number of carbonyl (C=O) groups excluding carboxylic acids is 1. The molecule has 5 heteroatoms. The molecule has 2 fully saturated rings. The number of thioether (sulfide) groups is 1. The lowest BCUT2D eigenvalue weighted by atomic mass is 9.87. The number of nitrogens with one attached hydrogen (secondary N) is 1. The van der Waals surface area contributed by atoms with Gasteiger partial charge in [0.15, 0.2) is 0 Å². The van der Waals surface area contributed by atoms with Crippen LogP contribution in [0.4, 0.5) is 0 Å². The normalized spacial score (nSPS) is 26.8. The van der Waals surface area contributed by atoms with Crippen molar-refractivity contribution in [2.75, 3.05) is 31.6 Å². The van der Waals surface area contributed by atoms with Crippen LogP contribution in [0.15, 0.2) is 0 Å². The maximum atomic E-state index is 12.2. The zero-order valence-corrected chi connectivity index (χ0v) is 11.6. The van der Waals surface area contributed by atoms with Gasteiger partial charge in [0, 0.05) is 24.8 Å². The smallest absolute Gasteiger partial charge is 0.225 e. The van der Waals surface area contributed by atoms with E-state index in [-0.39, 0.29) is 18.3 Å². The summed E-state index contributed by atoms with van der Waals surface area (Å²) < 4.78 is 0. The molecule has 2 heterocycles. The van der Waals surface area contributed by atoms with Crippen molar-refractivity contribution in [1.82, 2.24) is 10.2 Å². The van der Waals surface area contributed by atoms with Crippen LogP contribution in [0.3, 0.4) is 0 Å². The van der Waals surface area contributed by atoms with E-state index in [4.69, 9.17) is 0 Å². The first-order valence-electron chi connectivity index (χ1n) is 5.75. The zero-order valence-electron chi connectivity index (χ0n) is 9.94. The highest BCUT2D eigenvalue weighted by Crippen LogP contribution is 2.25. The van der Waals surface area contributed by atoms with Gasteiger partial charge in [-0.3, -0.25) is 4.79 Å². The molecular weight excluding hydrogens is 244 g/mol. The third-order valence-corrected chi connectivity index (χ3v) is 4.86. The lowest BCUT2D eigenvalue weighted by Crippen LogP contribution is -2.51. The molecule has 1 amide bonds. The molecule has 2 aliphatic heterocycles. The van der Waals surface area contributed by atoms with Crippen molar-refractivity contribution < 1.29 is 4.79 Å². The van der Waals surface area contributed by atoms with Crippen molar-refractivity contribution >= 4 is 30.1 Å². The first-order valence-corrected chi connectivity index (χ1v) is 6.90. The molecule has 0 spiro atoms. The molecule has 94 valence electrons. The van der Waals surface area contributed by atoms with Crippen LogP contribution in [-0.4, -0.2) is 48.5 Å². The average molecular weight is 265 g/mol. The minimum atomic E-state index is 0. The number of rotatable bonds is 3. The Hall–Kier alpha value is 0.0700. The van der Waals surface area contributed by atoms with Gasteiger partial charge in [-0.25, -0.2) is 0 Å². The van der Waals surface area contributed by atoms with Crippen LogP contribution >= 0.6 is 24.2 Å². The van der Waals surface area contributed by atoms with Crippen molar-refractivity contribution in [3.63, 3.8) is 0 Å². The summed E-state index contributed by atoms with van der Waals surface area (Å²) >= 11 is 1.96. The lowest BCUT2D eigenvalue weighted by Gasteiger charge is -2.35. The van der Waals surface area contributed by atoms with E-state index in [1.165, 1.54) is 12.2 Å². The molecule has 1 N–H and O–H groups in total. The van der Waals surface area contributed by atoms with Gasteiger partial charge in [-0.1, -0.05) is 6.92 Å². The monoisotopic (exact) mass is 264 g/mol. The van der Waals surface area contributed by atoms with Crippen LogP contribution in [-0.2, 0) is 4.79 Å². The van der Waals surface area contributed by atoms with Gasteiger partial charge in [-0.15, -0.1) is 12.4 Å². The molecule has 2 saturated heterocycles. The topological polar surface area (TPSA) is 32.3 Å². The molecule has 2 aliphatic rings. The molecule has 0 aromatic carbocycles. The standard InChI is InChI=1S/C11H20N2OS.ClH/c1-8(9-5-12-6-9)11(14)13(2)10-3-4-15-7-10;/h8-10,12H,3-7H2,1-2H3;1H. The molecule has 0 bridgehead atoms. The molecule has 2 atom stereocenters. The zero-order chi connectivity index (χ0) is 10.8. The summed E-state index contributed by atoms with van der Waals surface area (Å²) in [6.45, 7) is 4.10. The molecule has 2 unspecified atom stereocenters. The number of amides is 1. The van der Waals surface area contributed by atoms with E-state index >= 15 is 0 Å². The van der Waals surface area contributed by atoms with E-state index < -0.39 is 0 Å². The maximum absolute atomic E-state index is 12.2. The highest BCUT2D eigenvalue weighted by atomic mass is 35.5. The van der Waals surface area contributed by atoms with Gasteiger partial charge in [-0.05, 0) is 31.2 Å². The number of nitrogens with zero attached hydrogens (tertiary/aromatic N) is 1. The second-order valence-electron chi connectivity index (χ2n) is 4.67. The van der Waals surface area contributed by atoms with Gasteiger partial charge in [0.25, 0.3) is 0 Å². The molecule has 0 aliphatic carbocycles. The molecule has 0 saturated carbocycles. The minimum absolute atomic E-state index is 0. The Kier molecular flexibility index (Phi) is 5.41. The van der Waals surface area contributed by atoms with Crippen LogP contribution in [0.1, 0.15) is 13.3 Å². The van der Waals surface area contributed by atoms with Crippen LogP contribution in [0, 0.1) is 11.8 Å². The Labute approximate surface area is 108 Å². The summed E-state index contributed by atoms with van der Waals surface area (Å²) in [5.41, 5.74) is 0. The largest absolute Gasteiger partial charge is 0.342 e. The summed E-state index contributed by atoms with van der Waals surface area (Å²) in [6.07, 6.45) is 1.17. The number of hydrogen-bond acceptors (Lipinski definition) is 3. The Morgan fingerprint density at radius 3 is 2.62 bits per heavy atom. The van der Waals surface area contributed by atoms with Gasteiger partial charge >= 0.3 is 0 Å². The Balaban J connectivity index is 0.00000128. The third kappa shape index (κ3) is 2.84. The molecule has 3 nitrogen and oxygen atoms in total. The number of halogens is 1. The van der Waals surface area contributed by atoms with Gasteiger partial charge < -0.3 is 10.2 Å². The van der Waals surface area contributed by atoms with E-state index in [0.29, 0.717) is 17.9 Å². The van der Waals surface area contributed by atoms with Gasteiger partial charge in [0.2, 0.25) is 5.91 Å². The Morgan fingerprint density at radius 2 is 2.19 bits per heavy atom. The van der Waals surface area contributed by atoms with Crippen LogP contribution in [0.5, 0.6) is 0 Å². The fourth-order valence-corrected chi connectivity index (χ4v) is 3.46. The van der Waals surface area contributed by atoms with E-state index in [1.54, 1.807) is 0 Å². The fraction of sp³-hybridized carbons (Fsp3) is 0.909. The summed E-state index contributed by atoms with van der Waals surface area (Å²) in [4.78, 5) is 14.1. The highest BCUT2D eigenvalue weighted by Gasteiger charge is 2.33. The molecule has 0 radical (unpaired) electrons. The van der Waals surface area contributed by atoms with Crippen molar-refractivity contribution in [2.24, 2.45) is 11.8 Å². The van der Waals surface area contributed by atoms with Crippen LogP contribution in [0.25, 0.3) is 0 Å². The van der Waals surface area contributed by atoms with Crippen molar-refractivity contribution in [3.8, 4) is 0 Å². The Bertz CT molecular complexity index is 242. The summed E-state index contributed by atoms with van der Waals surface area (Å²) in [6, 6.07) is 0.484. The van der Waals surface area contributed by atoms with E-state index in [0.717, 1.165) is 18.8 Å². The van der Waals surface area contributed by atoms with Gasteiger partial charge in [-0.2, -0.15) is 11.8 Å². The van der Waals surface area contributed by atoms with E-state index in [2.05, 4.69) is 12.2 Å². The quantitative estimate of drug-likeness (QED) is 0.832. The predicted molar refractivity (Wildman–Crippen MR) is 71.3 cm³/mol. The summed E-state index contributed by atoms with van der Waals surface area (Å²) in [5.74, 6) is 3.43. The first kappa shape index (κ1) is 14.1. The molecule has 2 rings (SSSR count). The lowest BCUT2D eigenvalue weighted by molar-refractivity contribution is -0.137. The van der Waals surface area contributed by atoms with Crippen LogP contribution < -0.4 is 5.32 Å². The molecule has 16 heavy (non-hydrogen) atoms. The highest BCUT2D eigenvalue weighted by molar-refractivity contribution is 7.99. The molecule has 0 aromatic heterocycles. The number of carbonyl (C=O) groups is 1. The molecule has 0 aromatic rings. The minimum Gasteiger partial charge on any atom is -0.342 e. The fourth-order valence-electron chi connectivity index (χ4n) is 2.19.